The van der Waals surface area contributed by atoms with Crippen LogP contribution in [0.25, 0.3) is 0 Å². The van der Waals surface area contributed by atoms with Crippen LogP contribution in [-0.4, -0.2) is 30.9 Å². The maximum Gasteiger partial charge on any atom is 0.334 e. The van der Waals surface area contributed by atoms with Crippen molar-refractivity contribution in [3.63, 3.8) is 0 Å². The first-order chi connectivity index (χ1) is 17.4. The van der Waals surface area contributed by atoms with Gasteiger partial charge in [0.2, 0.25) is 0 Å². The molecule has 36 heavy (non-hydrogen) atoms. The van der Waals surface area contributed by atoms with Gasteiger partial charge in [0.15, 0.2) is 0 Å². The van der Waals surface area contributed by atoms with E-state index in [9.17, 15) is 9.59 Å². The van der Waals surface area contributed by atoms with Crippen molar-refractivity contribution >= 4 is 24.6 Å². The summed E-state index contributed by atoms with van der Waals surface area (Å²) >= 11 is 4.11. The molecule has 4 nitrogen and oxygen atoms in total. The minimum atomic E-state index is -0.409. The van der Waals surface area contributed by atoms with Gasteiger partial charge >= 0.3 is 11.9 Å². The second-order valence-corrected chi connectivity index (χ2v) is 11.7. The van der Waals surface area contributed by atoms with Crippen molar-refractivity contribution in [2.45, 2.75) is 110 Å². The van der Waals surface area contributed by atoms with Gasteiger partial charge in [-0.1, -0.05) is 104 Å². The van der Waals surface area contributed by atoms with Crippen LogP contribution in [0.2, 0.25) is 0 Å². The Kier molecular flexibility index (Phi) is 14.9. The molecule has 0 amide bonds. The summed E-state index contributed by atoms with van der Waals surface area (Å²) in [5.41, 5.74) is 0.833. The van der Waals surface area contributed by atoms with Crippen molar-refractivity contribution in [2.24, 2.45) is 29.6 Å². The molecule has 0 bridgehead atoms. The highest BCUT2D eigenvalue weighted by Crippen LogP contribution is 2.39. The van der Waals surface area contributed by atoms with Gasteiger partial charge in [-0.05, 0) is 42.9 Å². The van der Waals surface area contributed by atoms with E-state index in [0.29, 0.717) is 23.5 Å². The van der Waals surface area contributed by atoms with Crippen LogP contribution in [0.1, 0.15) is 110 Å². The van der Waals surface area contributed by atoms with Crippen molar-refractivity contribution in [2.75, 3.05) is 19.0 Å². The highest BCUT2D eigenvalue weighted by Gasteiger charge is 2.30. The molecule has 0 aromatic heterocycles. The summed E-state index contributed by atoms with van der Waals surface area (Å²) in [5.74, 6) is 2.67. The minimum absolute atomic E-state index is 0.0132. The molecular weight excluding hydrogens is 468 g/mol. The van der Waals surface area contributed by atoms with Crippen LogP contribution in [-0.2, 0) is 19.1 Å². The van der Waals surface area contributed by atoms with Gasteiger partial charge in [0.05, 0.1) is 13.2 Å². The zero-order valence-corrected chi connectivity index (χ0v) is 24.0. The Hall–Kier alpha value is -1.23. The van der Waals surface area contributed by atoms with Crippen LogP contribution < -0.4 is 0 Å². The average Bonchev–Trinajstić information content (AvgIpc) is 2.91. The summed E-state index contributed by atoms with van der Waals surface area (Å²) < 4.78 is 11.1. The molecule has 0 radical (unpaired) electrons. The van der Waals surface area contributed by atoms with Crippen molar-refractivity contribution in [1.82, 2.24) is 0 Å². The lowest BCUT2D eigenvalue weighted by Crippen LogP contribution is -2.31. The predicted molar refractivity (Wildman–Crippen MR) is 152 cm³/mol. The number of hydrogen-bond acceptors (Lipinski definition) is 5. The summed E-state index contributed by atoms with van der Waals surface area (Å²) in [6.45, 7) is 12.2. The van der Waals surface area contributed by atoms with Gasteiger partial charge in [0, 0.05) is 22.8 Å². The van der Waals surface area contributed by atoms with E-state index in [2.05, 4.69) is 32.7 Å². The standard InChI is InChI=1S/C31H52O4S/c1-5-7-8-9-25-10-12-26(13-11-25)14-15-27-16-18-28(19-17-27)29(20-34-30(32)23(3)6-2)21-35-31(33)24(4)22-36/h25-29,36H,3-22H2,1-2H3. The first-order valence-corrected chi connectivity index (χ1v) is 15.3. The Morgan fingerprint density at radius 1 is 0.750 bits per heavy atom. The lowest BCUT2D eigenvalue weighted by molar-refractivity contribution is -0.145. The fourth-order valence-electron chi connectivity index (χ4n) is 6.01. The SMILES string of the molecule is C=C(CC)C(=O)OCC(COC(=O)C(=C)CS)C1CCC(CCC2CCC(CCCCC)CC2)CC1. The molecule has 0 saturated heterocycles. The van der Waals surface area contributed by atoms with Crippen molar-refractivity contribution in [3.05, 3.63) is 24.3 Å². The van der Waals surface area contributed by atoms with E-state index < -0.39 is 5.97 Å². The highest BCUT2D eigenvalue weighted by atomic mass is 32.1. The topological polar surface area (TPSA) is 52.6 Å². The van der Waals surface area contributed by atoms with E-state index >= 15 is 0 Å². The Morgan fingerprint density at radius 2 is 1.22 bits per heavy atom. The van der Waals surface area contributed by atoms with E-state index in [1.54, 1.807) is 0 Å². The van der Waals surface area contributed by atoms with E-state index in [-0.39, 0.29) is 30.9 Å². The Labute approximate surface area is 226 Å². The monoisotopic (exact) mass is 520 g/mol. The van der Waals surface area contributed by atoms with Crippen LogP contribution in [0.15, 0.2) is 24.3 Å². The number of ether oxygens (including phenoxy) is 2. The number of carbonyl (C=O) groups excluding carboxylic acids is 2. The average molecular weight is 521 g/mol. The van der Waals surface area contributed by atoms with Crippen LogP contribution in [0.5, 0.6) is 0 Å². The Balaban J connectivity index is 1.76. The van der Waals surface area contributed by atoms with Crippen molar-refractivity contribution in [1.29, 1.82) is 0 Å². The summed E-state index contributed by atoms with van der Waals surface area (Å²) in [5, 5.41) is 0. The molecule has 2 fully saturated rings. The number of hydrogen-bond donors (Lipinski definition) is 1. The molecule has 1 atom stereocenters. The molecule has 0 heterocycles. The highest BCUT2D eigenvalue weighted by molar-refractivity contribution is 7.80. The van der Waals surface area contributed by atoms with Crippen LogP contribution in [0, 0.1) is 29.6 Å². The summed E-state index contributed by atoms with van der Waals surface area (Å²) in [4.78, 5) is 24.3. The quantitative estimate of drug-likeness (QED) is 0.0966. The van der Waals surface area contributed by atoms with Gasteiger partial charge in [0.1, 0.15) is 0 Å². The minimum Gasteiger partial charge on any atom is -0.462 e. The molecule has 0 N–H and O–H groups in total. The van der Waals surface area contributed by atoms with Crippen LogP contribution in [0.3, 0.4) is 0 Å². The smallest absolute Gasteiger partial charge is 0.334 e. The molecule has 1 unspecified atom stereocenters. The van der Waals surface area contributed by atoms with Gasteiger partial charge in [-0.3, -0.25) is 0 Å². The molecule has 0 aromatic rings. The Morgan fingerprint density at radius 3 is 1.69 bits per heavy atom. The van der Waals surface area contributed by atoms with E-state index in [0.717, 1.165) is 30.6 Å². The van der Waals surface area contributed by atoms with Gasteiger partial charge < -0.3 is 9.47 Å². The first kappa shape index (κ1) is 31.0. The Bertz CT molecular complexity index is 655. The normalized spacial score (nSPS) is 25.1. The molecule has 0 spiro atoms. The molecule has 2 rings (SSSR count). The number of carbonyl (C=O) groups is 2. The third-order valence-electron chi connectivity index (χ3n) is 8.78. The summed E-state index contributed by atoms with van der Waals surface area (Å²) in [7, 11) is 0. The number of thiol groups is 1. The number of esters is 2. The maximum atomic E-state index is 12.2. The van der Waals surface area contributed by atoms with E-state index in [4.69, 9.17) is 9.47 Å². The molecule has 2 aliphatic carbocycles. The van der Waals surface area contributed by atoms with Crippen molar-refractivity contribution < 1.29 is 19.1 Å². The molecule has 0 aromatic carbocycles. The van der Waals surface area contributed by atoms with Crippen molar-refractivity contribution in [3.8, 4) is 0 Å². The van der Waals surface area contributed by atoms with Crippen LogP contribution in [0.4, 0.5) is 0 Å². The molecule has 2 aliphatic rings. The maximum absolute atomic E-state index is 12.2. The fraction of sp³-hybridized carbons (Fsp3) is 0.806. The lowest BCUT2D eigenvalue weighted by Gasteiger charge is -2.35. The molecule has 5 heteroatoms. The van der Waals surface area contributed by atoms with Gasteiger partial charge in [-0.15, -0.1) is 0 Å². The second kappa shape index (κ2) is 17.3. The second-order valence-electron chi connectivity index (χ2n) is 11.4. The molecule has 2 saturated carbocycles. The molecule has 206 valence electrons. The summed E-state index contributed by atoms with van der Waals surface area (Å²) in [6.07, 6.45) is 19.3. The van der Waals surface area contributed by atoms with Gasteiger partial charge in [0.25, 0.3) is 0 Å². The largest absolute Gasteiger partial charge is 0.462 e. The van der Waals surface area contributed by atoms with E-state index in [1.807, 2.05) is 6.92 Å². The third kappa shape index (κ3) is 11.0. The fourth-order valence-corrected chi connectivity index (χ4v) is 6.14. The van der Waals surface area contributed by atoms with E-state index in [1.165, 1.54) is 77.0 Å². The third-order valence-corrected chi connectivity index (χ3v) is 9.16. The summed E-state index contributed by atoms with van der Waals surface area (Å²) in [6, 6.07) is 0. The number of rotatable bonds is 16. The van der Waals surface area contributed by atoms with Crippen LogP contribution >= 0.6 is 12.6 Å². The van der Waals surface area contributed by atoms with Gasteiger partial charge in [-0.2, -0.15) is 12.6 Å². The zero-order chi connectivity index (χ0) is 26.3. The lowest BCUT2D eigenvalue weighted by atomic mass is 9.72. The molecular formula is C31H52O4S. The predicted octanol–water partition coefficient (Wildman–Crippen LogP) is 8.11. The first-order valence-electron chi connectivity index (χ1n) is 14.7. The van der Waals surface area contributed by atoms with Gasteiger partial charge in [-0.25, -0.2) is 9.59 Å². The molecule has 0 aliphatic heterocycles. The zero-order valence-electron chi connectivity index (χ0n) is 23.1. The number of unbranched alkanes of at least 4 members (excludes halogenated alkanes) is 2.